The average Bonchev–Trinajstić information content (AvgIpc) is 3.32. The smallest absolute Gasteiger partial charge is 0.280 e. The number of hydrogen-bond acceptors (Lipinski definition) is 6. The van der Waals surface area contributed by atoms with Gasteiger partial charge >= 0.3 is 0 Å². The van der Waals surface area contributed by atoms with Gasteiger partial charge in [-0.3, -0.25) is 14.9 Å². The summed E-state index contributed by atoms with van der Waals surface area (Å²) in [5, 5.41) is 30.9. The van der Waals surface area contributed by atoms with Crippen LogP contribution in [0.4, 0.5) is 5.69 Å². The zero-order valence-electron chi connectivity index (χ0n) is 24.9. The van der Waals surface area contributed by atoms with Gasteiger partial charge in [-0.1, -0.05) is 55.5 Å². The van der Waals surface area contributed by atoms with Crippen LogP contribution >= 0.6 is 0 Å². The van der Waals surface area contributed by atoms with Crippen LogP contribution in [0.3, 0.4) is 0 Å². The summed E-state index contributed by atoms with van der Waals surface area (Å²) in [5.41, 5.74) is 3.39. The lowest BCUT2D eigenvalue weighted by molar-refractivity contribution is -0.385. The molecule has 0 radical (unpaired) electrons. The molecule has 3 aromatic carbocycles. The quantitative estimate of drug-likeness (QED) is 0.186. The van der Waals surface area contributed by atoms with Gasteiger partial charge in [-0.2, -0.15) is 0 Å². The number of rotatable bonds is 5. The number of phenols is 1. The number of nitrogens with zero attached hydrogens (tertiary/aromatic N) is 1. The van der Waals surface area contributed by atoms with Crippen LogP contribution in [0.1, 0.15) is 85.8 Å². The molecule has 3 aromatic rings. The second-order valence-electron chi connectivity index (χ2n) is 11.7. The zero-order chi connectivity index (χ0) is 30.3. The number of nitro benzene ring substituents is 1. The van der Waals surface area contributed by atoms with Crippen molar-refractivity contribution in [1.29, 1.82) is 0 Å². The normalized spacial score (nSPS) is 25.3. The molecule has 5 atom stereocenters. The summed E-state index contributed by atoms with van der Waals surface area (Å²) in [6.45, 7) is 7.98. The van der Waals surface area contributed by atoms with Crippen molar-refractivity contribution < 1.29 is 24.7 Å². The predicted molar refractivity (Wildman–Crippen MR) is 164 cm³/mol. The summed E-state index contributed by atoms with van der Waals surface area (Å²) >= 11 is 0. The molecule has 2 fully saturated rings. The number of aromatic hydroxyl groups is 1. The Kier molecular flexibility index (Phi) is 10.5. The molecule has 2 saturated carbocycles. The largest absolute Gasteiger partial charge is 0.508 e. The van der Waals surface area contributed by atoms with Crippen LogP contribution in [0.5, 0.6) is 5.75 Å². The van der Waals surface area contributed by atoms with Crippen LogP contribution in [-0.2, 0) is 11.2 Å². The third-order valence-electron chi connectivity index (χ3n) is 9.45. The van der Waals surface area contributed by atoms with Crippen molar-refractivity contribution in [3.8, 4) is 5.75 Å². The molecule has 7 heteroatoms. The number of ether oxygens (including phenoxy) is 1. The fraction of sp³-hybridized carbons (Fsp3) is 0.457. The Labute approximate surface area is 248 Å². The molecule has 0 bridgehead atoms. The molecule has 0 aliphatic heterocycles. The SMILES string of the molecule is CCOCC.C[C@]12CC[C@@H]3c4ccc(O)cc4CC[C@H]3[C@@H]1CC[C@@H]2O.O=C(c1ccccc1)c1ccccc1[N+](=O)[O-]. The van der Waals surface area contributed by atoms with E-state index in [4.69, 9.17) is 4.74 Å². The van der Waals surface area contributed by atoms with E-state index in [1.54, 1.807) is 42.5 Å². The van der Waals surface area contributed by atoms with Gasteiger partial charge in [0.2, 0.25) is 0 Å². The Bertz CT molecular complexity index is 1360. The van der Waals surface area contributed by atoms with E-state index in [1.807, 2.05) is 26.0 Å². The fourth-order valence-electron chi connectivity index (χ4n) is 7.32. The molecule has 224 valence electrons. The Morgan fingerprint density at radius 2 is 1.67 bits per heavy atom. The molecule has 0 saturated heterocycles. The third-order valence-corrected chi connectivity index (χ3v) is 9.45. The molecule has 3 aliphatic carbocycles. The van der Waals surface area contributed by atoms with Crippen LogP contribution in [0.25, 0.3) is 0 Å². The number of para-hydroxylation sites is 1. The number of hydrogen-bond donors (Lipinski definition) is 2. The van der Waals surface area contributed by atoms with Gasteiger partial charge in [0.25, 0.3) is 5.69 Å². The third kappa shape index (κ3) is 6.74. The maximum atomic E-state index is 12.1. The van der Waals surface area contributed by atoms with Crippen LogP contribution < -0.4 is 0 Å². The molecular weight excluding hydrogens is 530 g/mol. The monoisotopic (exact) mass is 573 g/mol. The summed E-state index contributed by atoms with van der Waals surface area (Å²) < 4.78 is 4.83. The number of fused-ring (bicyclic) bond motifs is 5. The van der Waals surface area contributed by atoms with Crippen LogP contribution in [0, 0.1) is 27.4 Å². The number of phenolic OH excluding ortho intramolecular Hbond substituents is 1. The van der Waals surface area contributed by atoms with E-state index in [-0.39, 0.29) is 28.6 Å². The van der Waals surface area contributed by atoms with E-state index < -0.39 is 4.92 Å². The molecule has 0 amide bonds. The number of carbonyl (C=O) groups is 1. The molecule has 6 rings (SSSR count). The van der Waals surface area contributed by atoms with Gasteiger partial charge in [-0.05, 0) is 105 Å². The number of carbonyl (C=O) groups excluding carboxylic acids is 1. The standard InChI is InChI=1S/C18H24O2.C13H9NO3.C4H10O/c1-18-9-8-14-13-5-3-12(19)10-11(13)2-4-15(14)16(18)6-7-17(18)20;15-13(10-6-2-1-3-7-10)11-8-4-5-9-12(11)14(16)17;1-3-5-4-2/h3,5,10,14-17,19-20H,2,4,6-9H2,1H3;1-9H;3-4H2,1-2H3/t14-,15-,16+,17+,18+;;/m1../s1. The lowest BCUT2D eigenvalue weighted by Crippen LogP contribution is -2.43. The second kappa shape index (κ2) is 14.1. The van der Waals surface area contributed by atoms with Gasteiger partial charge in [0.05, 0.1) is 11.0 Å². The van der Waals surface area contributed by atoms with Gasteiger partial charge in [-0.15, -0.1) is 0 Å². The van der Waals surface area contributed by atoms with Crippen LogP contribution in [0.15, 0.2) is 72.8 Å². The maximum absolute atomic E-state index is 12.1. The van der Waals surface area contributed by atoms with Crippen LogP contribution in [0.2, 0.25) is 0 Å². The van der Waals surface area contributed by atoms with Gasteiger partial charge in [-0.25, -0.2) is 0 Å². The lowest BCUT2D eigenvalue weighted by Gasteiger charge is -2.50. The summed E-state index contributed by atoms with van der Waals surface area (Å²) in [6, 6.07) is 20.4. The number of aryl methyl sites for hydroxylation is 1. The van der Waals surface area contributed by atoms with Gasteiger partial charge in [0, 0.05) is 24.8 Å². The number of aliphatic hydroxyl groups excluding tert-OH is 1. The first kappa shape index (κ1) is 31.4. The van der Waals surface area contributed by atoms with E-state index >= 15 is 0 Å². The predicted octanol–water partition coefficient (Wildman–Crippen LogP) is 7.48. The summed E-state index contributed by atoms with van der Waals surface area (Å²) in [7, 11) is 0. The number of aliphatic hydroxyl groups is 1. The highest BCUT2D eigenvalue weighted by atomic mass is 16.6. The summed E-state index contributed by atoms with van der Waals surface area (Å²) in [6.07, 6.45) is 6.78. The number of ketones is 1. The minimum atomic E-state index is -0.545. The summed E-state index contributed by atoms with van der Waals surface area (Å²) in [4.78, 5) is 22.3. The van der Waals surface area contributed by atoms with E-state index in [0.717, 1.165) is 38.4 Å². The molecule has 0 spiro atoms. The Balaban J connectivity index is 0.000000169. The van der Waals surface area contributed by atoms with Crippen molar-refractivity contribution in [2.75, 3.05) is 13.2 Å². The Hall–Kier alpha value is -3.55. The van der Waals surface area contributed by atoms with E-state index in [9.17, 15) is 25.1 Å². The molecular formula is C35H43NO6. The number of benzene rings is 3. The molecule has 2 N–H and O–H groups in total. The van der Waals surface area contributed by atoms with Crippen molar-refractivity contribution in [2.24, 2.45) is 17.3 Å². The minimum absolute atomic E-state index is 0.0883. The number of nitro groups is 1. The highest BCUT2D eigenvalue weighted by Crippen LogP contribution is 2.60. The van der Waals surface area contributed by atoms with Crippen molar-refractivity contribution >= 4 is 11.5 Å². The molecule has 0 unspecified atom stereocenters. The first-order valence-electron chi connectivity index (χ1n) is 15.1. The second-order valence-corrected chi connectivity index (χ2v) is 11.7. The molecule has 42 heavy (non-hydrogen) atoms. The minimum Gasteiger partial charge on any atom is -0.508 e. The Morgan fingerprint density at radius 3 is 2.33 bits per heavy atom. The van der Waals surface area contributed by atoms with E-state index in [2.05, 4.69) is 13.0 Å². The summed E-state index contributed by atoms with van der Waals surface area (Å²) in [5.74, 6) is 2.15. The van der Waals surface area contributed by atoms with Crippen molar-refractivity contribution in [3.05, 3.63) is 105 Å². The maximum Gasteiger partial charge on any atom is 0.280 e. The van der Waals surface area contributed by atoms with Crippen LogP contribution in [-0.4, -0.2) is 40.2 Å². The molecule has 0 aromatic heterocycles. The van der Waals surface area contributed by atoms with Gasteiger partial charge < -0.3 is 14.9 Å². The first-order valence-corrected chi connectivity index (χ1v) is 15.1. The van der Waals surface area contributed by atoms with Crippen molar-refractivity contribution in [1.82, 2.24) is 0 Å². The Morgan fingerprint density at radius 1 is 0.976 bits per heavy atom. The molecule has 7 nitrogen and oxygen atoms in total. The lowest BCUT2D eigenvalue weighted by atomic mass is 9.55. The highest BCUT2D eigenvalue weighted by Gasteiger charge is 2.54. The molecule has 3 aliphatic rings. The van der Waals surface area contributed by atoms with Crippen molar-refractivity contribution in [3.63, 3.8) is 0 Å². The zero-order valence-corrected chi connectivity index (χ0v) is 24.9. The highest BCUT2D eigenvalue weighted by molar-refractivity contribution is 6.11. The van der Waals surface area contributed by atoms with E-state index in [1.165, 1.54) is 42.5 Å². The average molecular weight is 574 g/mol. The van der Waals surface area contributed by atoms with E-state index in [0.29, 0.717) is 23.1 Å². The molecule has 0 heterocycles. The van der Waals surface area contributed by atoms with Gasteiger partial charge in [0.15, 0.2) is 5.78 Å². The topological polar surface area (TPSA) is 110 Å². The first-order chi connectivity index (χ1) is 20.2. The van der Waals surface area contributed by atoms with Gasteiger partial charge in [0.1, 0.15) is 11.3 Å². The van der Waals surface area contributed by atoms with Crippen molar-refractivity contribution in [2.45, 2.75) is 71.3 Å². The fourth-order valence-corrected chi connectivity index (χ4v) is 7.32.